The van der Waals surface area contributed by atoms with Crippen LogP contribution in [0.4, 0.5) is 0 Å². The van der Waals surface area contributed by atoms with E-state index in [0.717, 1.165) is 41.6 Å². The minimum atomic E-state index is -0.376. The zero-order valence-electron chi connectivity index (χ0n) is 15.8. The van der Waals surface area contributed by atoms with Crippen LogP contribution in [0.25, 0.3) is 11.0 Å². The maximum absolute atomic E-state index is 12.9. The van der Waals surface area contributed by atoms with Gasteiger partial charge in [-0.2, -0.15) is 0 Å². The first-order chi connectivity index (χ1) is 13.5. The molecule has 146 valence electrons. The molecule has 8 heteroatoms. The molecular formula is C20H21ClN4O2S. The summed E-state index contributed by atoms with van der Waals surface area (Å²) in [6.45, 7) is 0. The predicted molar refractivity (Wildman–Crippen MR) is 112 cm³/mol. The quantitative estimate of drug-likeness (QED) is 0.479. The molecule has 1 fully saturated rings. The van der Waals surface area contributed by atoms with Crippen LogP contribution in [-0.4, -0.2) is 19.1 Å². The second-order valence-corrected chi connectivity index (χ2v) is 8.59. The van der Waals surface area contributed by atoms with Crippen molar-refractivity contribution in [2.45, 2.75) is 42.4 Å². The summed E-state index contributed by atoms with van der Waals surface area (Å²) in [5.74, 6) is 1.65. The van der Waals surface area contributed by atoms with E-state index in [1.165, 1.54) is 23.4 Å². The third-order valence-electron chi connectivity index (χ3n) is 5.27. The molecule has 0 aliphatic heterocycles. The van der Waals surface area contributed by atoms with Gasteiger partial charge in [-0.3, -0.25) is 13.9 Å². The lowest BCUT2D eigenvalue weighted by atomic mass is 10.1. The highest BCUT2D eigenvalue weighted by atomic mass is 35.5. The third-order valence-corrected chi connectivity index (χ3v) is 6.55. The number of nitrogens with zero attached hydrogens (tertiary/aromatic N) is 4. The van der Waals surface area contributed by atoms with Gasteiger partial charge in [0.2, 0.25) is 0 Å². The van der Waals surface area contributed by atoms with Crippen LogP contribution >= 0.6 is 23.4 Å². The molecular weight excluding hydrogens is 396 g/mol. The number of halogens is 1. The van der Waals surface area contributed by atoms with E-state index in [-0.39, 0.29) is 17.2 Å². The number of benzene rings is 1. The number of rotatable bonds is 4. The monoisotopic (exact) mass is 416 g/mol. The Hall–Kier alpha value is -2.12. The average molecular weight is 417 g/mol. The predicted octanol–water partition coefficient (Wildman–Crippen LogP) is 3.63. The van der Waals surface area contributed by atoms with Crippen molar-refractivity contribution in [2.75, 3.05) is 0 Å². The second-order valence-electron chi connectivity index (χ2n) is 7.19. The Labute approximate surface area is 171 Å². The lowest BCUT2D eigenvalue weighted by Gasteiger charge is -2.14. The van der Waals surface area contributed by atoms with Gasteiger partial charge in [0.1, 0.15) is 16.2 Å². The van der Waals surface area contributed by atoms with Gasteiger partial charge in [-0.05, 0) is 30.5 Å². The standard InChI is InChI=1S/C20H21ClN4O2S/c1-24-17-15(19(26)25(2)20(24)27)18(23-16(22-17)13-7-3-4-8-13)28-11-12-6-5-9-14(21)10-12/h5-6,9-10,13H,3-4,7-8,11H2,1-2H3. The summed E-state index contributed by atoms with van der Waals surface area (Å²) in [6, 6.07) is 7.64. The Balaban J connectivity index is 1.86. The zero-order valence-corrected chi connectivity index (χ0v) is 17.4. The van der Waals surface area contributed by atoms with Gasteiger partial charge in [-0.25, -0.2) is 14.8 Å². The minimum Gasteiger partial charge on any atom is -0.280 e. The Morgan fingerprint density at radius 2 is 1.89 bits per heavy atom. The van der Waals surface area contributed by atoms with E-state index < -0.39 is 0 Å². The van der Waals surface area contributed by atoms with Gasteiger partial charge in [0, 0.05) is 30.8 Å². The molecule has 0 saturated heterocycles. The molecule has 1 saturated carbocycles. The molecule has 1 aromatic carbocycles. The number of hydrogen-bond acceptors (Lipinski definition) is 5. The molecule has 0 N–H and O–H groups in total. The molecule has 6 nitrogen and oxygen atoms in total. The lowest BCUT2D eigenvalue weighted by Crippen LogP contribution is -2.38. The molecule has 1 aliphatic rings. The van der Waals surface area contributed by atoms with Crippen LogP contribution in [0.15, 0.2) is 38.9 Å². The summed E-state index contributed by atoms with van der Waals surface area (Å²) in [7, 11) is 3.14. The highest BCUT2D eigenvalue weighted by Gasteiger charge is 2.24. The van der Waals surface area contributed by atoms with Crippen LogP contribution in [-0.2, 0) is 19.8 Å². The number of aryl methyl sites for hydroxylation is 1. The Kier molecular flexibility index (Phi) is 5.29. The van der Waals surface area contributed by atoms with Gasteiger partial charge in [-0.1, -0.05) is 36.6 Å². The van der Waals surface area contributed by atoms with E-state index in [1.54, 1.807) is 7.05 Å². The zero-order chi connectivity index (χ0) is 19.8. The molecule has 28 heavy (non-hydrogen) atoms. The second kappa shape index (κ2) is 7.72. The normalized spacial score (nSPS) is 14.8. The Morgan fingerprint density at radius 1 is 1.14 bits per heavy atom. The van der Waals surface area contributed by atoms with Crippen molar-refractivity contribution in [3.8, 4) is 0 Å². The summed E-state index contributed by atoms with van der Waals surface area (Å²) >= 11 is 7.57. The summed E-state index contributed by atoms with van der Waals surface area (Å²) in [5.41, 5.74) is 0.732. The SMILES string of the molecule is Cn1c(=O)c2c(SCc3cccc(Cl)c3)nc(C3CCCC3)nc2n(C)c1=O. The van der Waals surface area contributed by atoms with Gasteiger partial charge in [0.25, 0.3) is 5.56 Å². The summed E-state index contributed by atoms with van der Waals surface area (Å²) in [5, 5.41) is 1.71. The molecule has 0 radical (unpaired) electrons. The maximum atomic E-state index is 12.9. The van der Waals surface area contributed by atoms with Crippen molar-refractivity contribution in [1.82, 2.24) is 19.1 Å². The van der Waals surface area contributed by atoms with Crippen molar-refractivity contribution in [3.05, 3.63) is 61.5 Å². The number of aromatic nitrogens is 4. The van der Waals surface area contributed by atoms with Gasteiger partial charge >= 0.3 is 5.69 Å². The van der Waals surface area contributed by atoms with Crippen LogP contribution in [0.2, 0.25) is 5.02 Å². The fraction of sp³-hybridized carbons (Fsp3) is 0.400. The number of fused-ring (bicyclic) bond motifs is 1. The van der Waals surface area contributed by atoms with E-state index in [1.807, 2.05) is 24.3 Å². The van der Waals surface area contributed by atoms with E-state index in [0.29, 0.717) is 26.8 Å². The molecule has 1 aliphatic carbocycles. The van der Waals surface area contributed by atoms with Crippen LogP contribution in [0.3, 0.4) is 0 Å². The van der Waals surface area contributed by atoms with Crippen LogP contribution in [0, 0.1) is 0 Å². The largest absolute Gasteiger partial charge is 0.332 e. The number of thioether (sulfide) groups is 1. The fourth-order valence-electron chi connectivity index (χ4n) is 3.69. The molecule has 0 unspecified atom stereocenters. The molecule has 0 bridgehead atoms. The topological polar surface area (TPSA) is 69.8 Å². The van der Waals surface area contributed by atoms with Crippen LogP contribution < -0.4 is 11.2 Å². The summed E-state index contributed by atoms with van der Waals surface area (Å²) in [6.07, 6.45) is 4.41. The van der Waals surface area contributed by atoms with E-state index >= 15 is 0 Å². The summed E-state index contributed by atoms with van der Waals surface area (Å²) in [4.78, 5) is 34.7. The van der Waals surface area contributed by atoms with Gasteiger partial charge in [-0.15, -0.1) is 11.8 Å². The van der Waals surface area contributed by atoms with E-state index in [9.17, 15) is 9.59 Å². The van der Waals surface area contributed by atoms with Crippen molar-refractivity contribution < 1.29 is 0 Å². The van der Waals surface area contributed by atoms with Gasteiger partial charge < -0.3 is 0 Å². The molecule has 2 aromatic heterocycles. The lowest BCUT2D eigenvalue weighted by molar-refractivity contribution is 0.648. The smallest absolute Gasteiger partial charge is 0.280 e. The van der Waals surface area contributed by atoms with Crippen LogP contribution in [0.5, 0.6) is 0 Å². The highest BCUT2D eigenvalue weighted by Crippen LogP contribution is 2.34. The Morgan fingerprint density at radius 3 is 2.61 bits per heavy atom. The first-order valence-electron chi connectivity index (χ1n) is 9.30. The average Bonchev–Trinajstić information content (AvgIpc) is 3.23. The van der Waals surface area contributed by atoms with E-state index in [4.69, 9.17) is 16.6 Å². The van der Waals surface area contributed by atoms with Crippen molar-refractivity contribution in [2.24, 2.45) is 14.1 Å². The van der Waals surface area contributed by atoms with Crippen molar-refractivity contribution >= 4 is 34.4 Å². The van der Waals surface area contributed by atoms with E-state index in [2.05, 4.69) is 4.98 Å². The van der Waals surface area contributed by atoms with Crippen molar-refractivity contribution in [1.29, 1.82) is 0 Å². The van der Waals surface area contributed by atoms with Crippen LogP contribution in [0.1, 0.15) is 43.0 Å². The van der Waals surface area contributed by atoms with Crippen molar-refractivity contribution in [3.63, 3.8) is 0 Å². The molecule has 4 rings (SSSR count). The van der Waals surface area contributed by atoms with Gasteiger partial charge in [0.15, 0.2) is 5.65 Å². The highest BCUT2D eigenvalue weighted by molar-refractivity contribution is 7.98. The molecule has 3 aromatic rings. The molecule has 0 spiro atoms. The molecule has 0 atom stereocenters. The minimum absolute atomic E-state index is 0.286. The summed E-state index contributed by atoms with van der Waals surface area (Å²) < 4.78 is 2.56. The fourth-order valence-corrected chi connectivity index (χ4v) is 4.87. The maximum Gasteiger partial charge on any atom is 0.332 e. The first-order valence-corrected chi connectivity index (χ1v) is 10.7. The molecule has 0 amide bonds. The number of hydrogen-bond donors (Lipinski definition) is 0. The van der Waals surface area contributed by atoms with Gasteiger partial charge in [0.05, 0.1) is 0 Å². The molecule has 2 heterocycles. The third kappa shape index (κ3) is 3.49. The first kappa shape index (κ1) is 19.2. The Bertz CT molecular complexity index is 1170.